The number of methoxy groups -OCH3 is 2. The Bertz CT molecular complexity index is 225. The van der Waals surface area contributed by atoms with E-state index in [0.29, 0.717) is 6.61 Å². The van der Waals surface area contributed by atoms with Crippen LogP contribution in [-0.4, -0.2) is 58.6 Å². The van der Waals surface area contributed by atoms with E-state index in [2.05, 4.69) is 0 Å². The first-order valence-corrected chi connectivity index (χ1v) is 4.76. The van der Waals surface area contributed by atoms with Crippen LogP contribution in [0, 0.1) is 0 Å². The summed E-state index contributed by atoms with van der Waals surface area (Å²) in [4.78, 5) is 0. The third kappa shape index (κ3) is 1.16. The van der Waals surface area contributed by atoms with Crippen molar-refractivity contribution in [2.24, 2.45) is 0 Å². The minimum Gasteiger partial charge on any atom is -0.381 e. The van der Waals surface area contributed by atoms with E-state index in [1.54, 1.807) is 14.2 Å². The van der Waals surface area contributed by atoms with Gasteiger partial charge in [0.15, 0.2) is 0 Å². The Labute approximate surface area is 85.3 Å². The molecule has 0 saturated carbocycles. The second kappa shape index (κ2) is 3.49. The molecule has 2 bridgehead atoms. The van der Waals surface area contributed by atoms with Gasteiger partial charge in [0, 0.05) is 20.2 Å². The monoisotopic (exact) mass is 198 g/mol. The second-order valence-electron chi connectivity index (χ2n) is 3.87. The Kier molecular flexibility index (Phi) is 2.60. The van der Waals surface area contributed by atoms with E-state index in [-0.39, 0.29) is 18.3 Å². The molecule has 0 spiro atoms. The number of rotatable bonds is 3. The maximum atomic E-state index is 5.78. The van der Waals surface area contributed by atoms with E-state index in [4.69, 9.17) is 26.8 Å². The van der Waals surface area contributed by atoms with Crippen molar-refractivity contribution in [2.45, 2.75) is 36.8 Å². The average Bonchev–Trinajstić information content (AvgIpc) is 2.54. The minimum absolute atomic E-state index is 0.0443. The van der Waals surface area contributed by atoms with Crippen LogP contribution in [0.4, 0.5) is 0 Å². The number of hydrogen-bond acceptors (Lipinski definition) is 4. The molecular weight excluding hydrogens is 183 g/mol. The summed E-state index contributed by atoms with van der Waals surface area (Å²) in [6.07, 6.45) is -0.352. The van der Waals surface area contributed by atoms with Crippen molar-refractivity contribution in [1.82, 2.24) is 0 Å². The zero-order valence-electron chi connectivity index (χ0n) is 8.73. The van der Waals surface area contributed by atoms with Gasteiger partial charge in [0.25, 0.3) is 0 Å². The first-order valence-electron chi connectivity index (χ1n) is 4.76. The predicted octanol–water partition coefficient (Wildman–Crippen LogP) is -0.301. The normalized spacial score (nSPS) is 51.4. The molecule has 5 heteroatoms. The third-order valence-corrected chi connectivity index (χ3v) is 3.13. The van der Waals surface area contributed by atoms with Crippen molar-refractivity contribution in [3.8, 4) is 0 Å². The molecule has 2 rings (SSSR count). The van der Waals surface area contributed by atoms with Crippen LogP contribution < -0.4 is 0 Å². The van der Waals surface area contributed by atoms with Gasteiger partial charge in [0.05, 0.1) is 12.7 Å². The van der Waals surface area contributed by atoms with Crippen LogP contribution >= 0.6 is 0 Å². The third-order valence-electron chi connectivity index (χ3n) is 3.13. The fourth-order valence-electron chi connectivity index (χ4n) is 2.46. The zero-order chi connectivity index (χ0) is 10.3. The molecule has 2 aliphatic heterocycles. The van der Waals surface area contributed by atoms with Gasteiger partial charge in [0.2, 0.25) is 0 Å². The smallest absolute Gasteiger partial charge is 0.145 e. The van der Waals surface area contributed by atoms with Gasteiger partial charge in [-0.25, -0.2) is 0 Å². The Morgan fingerprint density at radius 3 is 2.71 bits per heavy atom. The zero-order valence-corrected chi connectivity index (χ0v) is 8.73. The SMILES string of the molecule is [B][C@@H]1O[C@@]2(COC)C(C)OC1[C@H]2OC. The predicted molar refractivity (Wildman–Crippen MR) is 50.4 cm³/mol. The van der Waals surface area contributed by atoms with E-state index >= 15 is 0 Å². The molecule has 2 saturated heterocycles. The summed E-state index contributed by atoms with van der Waals surface area (Å²) >= 11 is 0. The van der Waals surface area contributed by atoms with Gasteiger partial charge in [-0.1, -0.05) is 0 Å². The molecule has 0 aromatic rings. The van der Waals surface area contributed by atoms with Gasteiger partial charge < -0.3 is 18.9 Å². The largest absolute Gasteiger partial charge is 0.381 e. The standard InChI is InChI=1S/C9H15BO4/c1-5-9(4-11-2)7(12-3)6(13-5)8(10)14-9/h5-8H,4H2,1-3H3/t5?,6?,7-,8-,9+/m1/s1. The molecule has 0 N–H and O–H groups in total. The van der Waals surface area contributed by atoms with Gasteiger partial charge in [-0.2, -0.15) is 0 Å². The summed E-state index contributed by atoms with van der Waals surface area (Å²) in [7, 11) is 9.06. The lowest BCUT2D eigenvalue weighted by atomic mass is 9.90. The summed E-state index contributed by atoms with van der Waals surface area (Å²) in [6, 6.07) is -0.411. The average molecular weight is 198 g/mol. The number of hydrogen-bond donors (Lipinski definition) is 0. The molecule has 2 heterocycles. The molecule has 0 aliphatic carbocycles. The van der Waals surface area contributed by atoms with Gasteiger partial charge in [-0.3, -0.25) is 0 Å². The highest BCUT2D eigenvalue weighted by Gasteiger charge is 2.64. The molecule has 5 atom stereocenters. The van der Waals surface area contributed by atoms with Gasteiger partial charge in [0.1, 0.15) is 25.7 Å². The highest BCUT2D eigenvalue weighted by atomic mass is 16.7. The van der Waals surface area contributed by atoms with Crippen LogP contribution in [0.2, 0.25) is 0 Å². The van der Waals surface area contributed by atoms with Crippen molar-refractivity contribution in [3.63, 3.8) is 0 Å². The molecule has 2 radical (unpaired) electrons. The molecule has 78 valence electrons. The Morgan fingerprint density at radius 1 is 1.43 bits per heavy atom. The summed E-state index contributed by atoms with van der Waals surface area (Å²) in [5, 5.41) is 0. The summed E-state index contributed by atoms with van der Waals surface area (Å²) < 4.78 is 21.9. The highest BCUT2D eigenvalue weighted by Crippen LogP contribution is 2.44. The molecule has 14 heavy (non-hydrogen) atoms. The van der Waals surface area contributed by atoms with Crippen LogP contribution in [0.3, 0.4) is 0 Å². The lowest BCUT2D eigenvalue weighted by Crippen LogP contribution is -2.50. The van der Waals surface area contributed by atoms with E-state index in [9.17, 15) is 0 Å². The number of fused-ring (bicyclic) bond motifs is 2. The van der Waals surface area contributed by atoms with Gasteiger partial charge >= 0.3 is 0 Å². The highest BCUT2D eigenvalue weighted by molar-refractivity contribution is 6.11. The van der Waals surface area contributed by atoms with Crippen molar-refractivity contribution >= 4 is 7.85 Å². The second-order valence-corrected chi connectivity index (χ2v) is 3.87. The Hall–Kier alpha value is -0.0951. The van der Waals surface area contributed by atoms with Crippen molar-refractivity contribution in [2.75, 3.05) is 20.8 Å². The Balaban J connectivity index is 2.25. The molecule has 0 amide bonds. The van der Waals surface area contributed by atoms with Crippen molar-refractivity contribution in [3.05, 3.63) is 0 Å². The fraction of sp³-hybridized carbons (Fsp3) is 1.00. The lowest BCUT2D eigenvalue weighted by molar-refractivity contribution is -0.178. The summed E-state index contributed by atoms with van der Waals surface area (Å²) in [6.45, 7) is 2.40. The fourth-order valence-corrected chi connectivity index (χ4v) is 2.46. The van der Waals surface area contributed by atoms with Crippen molar-refractivity contribution < 1.29 is 18.9 Å². The van der Waals surface area contributed by atoms with Gasteiger partial charge in [-0.05, 0) is 6.92 Å². The molecule has 2 fully saturated rings. The van der Waals surface area contributed by atoms with Gasteiger partial charge in [-0.15, -0.1) is 0 Å². The van der Waals surface area contributed by atoms with E-state index in [1.165, 1.54) is 0 Å². The molecule has 0 aromatic carbocycles. The maximum Gasteiger partial charge on any atom is 0.145 e. The van der Waals surface area contributed by atoms with E-state index < -0.39 is 11.6 Å². The molecular formula is C9H15BO4. The maximum absolute atomic E-state index is 5.78. The molecule has 2 aliphatic rings. The quantitative estimate of drug-likeness (QED) is 0.583. The minimum atomic E-state index is -0.534. The lowest BCUT2D eigenvalue weighted by Gasteiger charge is -2.34. The first kappa shape index (κ1) is 10.4. The molecule has 0 aromatic heterocycles. The Morgan fingerprint density at radius 2 is 2.14 bits per heavy atom. The first-order chi connectivity index (χ1) is 6.65. The van der Waals surface area contributed by atoms with Crippen LogP contribution in [0.5, 0.6) is 0 Å². The molecule has 2 unspecified atom stereocenters. The van der Waals surface area contributed by atoms with Crippen LogP contribution in [0.25, 0.3) is 0 Å². The van der Waals surface area contributed by atoms with Crippen LogP contribution in [0.15, 0.2) is 0 Å². The molecule has 4 nitrogen and oxygen atoms in total. The summed E-state index contributed by atoms with van der Waals surface area (Å²) in [5.41, 5.74) is -0.534. The topological polar surface area (TPSA) is 36.9 Å². The summed E-state index contributed by atoms with van der Waals surface area (Å²) in [5.74, 6) is 0. The van der Waals surface area contributed by atoms with Crippen LogP contribution in [0.1, 0.15) is 6.92 Å². The van der Waals surface area contributed by atoms with E-state index in [0.717, 1.165) is 0 Å². The van der Waals surface area contributed by atoms with E-state index in [1.807, 2.05) is 6.92 Å². The number of ether oxygens (including phenoxy) is 4. The van der Waals surface area contributed by atoms with Crippen LogP contribution in [-0.2, 0) is 18.9 Å². The van der Waals surface area contributed by atoms with Crippen molar-refractivity contribution in [1.29, 1.82) is 0 Å².